The number of hydrogen-bond donors (Lipinski definition) is 1. The van der Waals surface area contributed by atoms with Crippen LogP contribution in [0.2, 0.25) is 0 Å². The van der Waals surface area contributed by atoms with Crippen LogP contribution in [0.1, 0.15) is 31.9 Å². The highest BCUT2D eigenvalue weighted by molar-refractivity contribution is 5.25. The summed E-state index contributed by atoms with van der Waals surface area (Å²) in [6.45, 7) is 14.0. The van der Waals surface area contributed by atoms with Crippen molar-refractivity contribution in [3.8, 4) is 0 Å². The van der Waals surface area contributed by atoms with Crippen LogP contribution in [0.3, 0.4) is 0 Å². The molecule has 114 valence electrons. The molecule has 1 rings (SSSR count). The van der Waals surface area contributed by atoms with Crippen LogP contribution in [0.15, 0.2) is 73.2 Å². The van der Waals surface area contributed by atoms with E-state index in [0.29, 0.717) is 18.1 Å². The molecule has 0 fully saturated rings. The third-order valence-corrected chi connectivity index (χ3v) is 2.68. The van der Waals surface area contributed by atoms with Crippen LogP contribution >= 0.6 is 0 Å². The Morgan fingerprint density at radius 1 is 1.14 bits per heavy atom. The quantitative estimate of drug-likeness (QED) is 0.572. The van der Waals surface area contributed by atoms with E-state index in [4.69, 9.17) is 10.5 Å². The minimum Gasteiger partial charge on any atom is -0.489 e. The summed E-state index contributed by atoms with van der Waals surface area (Å²) in [5, 5.41) is 0. The largest absolute Gasteiger partial charge is 0.489 e. The first-order valence-corrected chi connectivity index (χ1v) is 7.32. The van der Waals surface area contributed by atoms with Crippen molar-refractivity contribution in [2.24, 2.45) is 5.73 Å². The van der Waals surface area contributed by atoms with Crippen LogP contribution in [0.5, 0.6) is 0 Å². The van der Waals surface area contributed by atoms with Crippen molar-refractivity contribution in [3.63, 3.8) is 0 Å². The van der Waals surface area contributed by atoms with E-state index in [-0.39, 0.29) is 0 Å². The van der Waals surface area contributed by atoms with Crippen LogP contribution in [0.4, 0.5) is 0 Å². The van der Waals surface area contributed by atoms with Crippen molar-refractivity contribution in [1.29, 1.82) is 0 Å². The maximum Gasteiger partial charge on any atom is 0.119 e. The van der Waals surface area contributed by atoms with Gasteiger partial charge in [0.15, 0.2) is 0 Å². The fourth-order valence-electron chi connectivity index (χ4n) is 1.53. The number of aryl methyl sites for hydroxylation is 1. The van der Waals surface area contributed by atoms with Crippen LogP contribution in [-0.2, 0) is 17.8 Å². The summed E-state index contributed by atoms with van der Waals surface area (Å²) in [5.74, 6) is 0.687. The Hall–Kier alpha value is -2.22. The predicted octanol–water partition coefficient (Wildman–Crippen LogP) is 4.89. The topological polar surface area (TPSA) is 35.2 Å². The van der Waals surface area contributed by atoms with Gasteiger partial charge in [-0.2, -0.15) is 0 Å². The average molecular weight is 285 g/mol. The molecule has 0 heterocycles. The molecule has 0 atom stereocenters. The maximum absolute atomic E-state index is 5.68. The van der Waals surface area contributed by atoms with Gasteiger partial charge < -0.3 is 10.5 Å². The number of allylic oxidation sites excluding steroid dienone is 4. The predicted molar refractivity (Wildman–Crippen MR) is 92.7 cm³/mol. The molecule has 0 aliphatic rings. The molecule has 0 aromatic heterocycles. The van der Waals surface area contributed by atoms with Crippen molar-refractivity contribution < 1.29 is 4.74 Å². The molecular formula is C19H27NO. The molecule has 0 radical (unpaired) electrons. The zero-order valence-corrected chi connectivity index (χ0v) is 13.4. The van der Waals surface area contributed by atoms with Gasteiger partial charge in [0.1, 0.15) is 12.4 Å². The highest BCUT2D eigenvalue weighted by atomic mass is 16.5. The van der Waals surface area contributed by atoms with Gasteiger partial charge in [0.25, 0.3) is 0 Å². The molecular weight excluding hydrogens is 258 g/mol. The lowest BCUT2D eigenvalue weighted by Crippen LogP contribution is -1.94. The minimum atomic E-state index is 0.521. The monoisotopic (exact) mass is 285 g/mol. The van der Waals surface area contributed by atoms with Gasteiger partial charge in [-0.15, -0.1) is 0 Å². The number of nitrogens with two attached hydrogens (primary N) is 1. The first kappa shape index (κ1) is 18.8. The number of hydrogen-bond acceptors (Lipinski definition) is 2. The lowest BCUT2D eigenvalue weighted by atomic mass is 10.1. The molecule has 0 amide bonds. The van der Waals surface area contributed by atoms with Crippen molar-refractivity contribution in [2.75, 3.05) is 0 Å². The zero-order chi connectivity index (χ0) is 16.1. The van der Waals surface area contributed by atoms with Crippen LogP contribution in [-0.4, -0.2) is 0 Å². The second-order valence-corrected chi connectivity index (χ2v) is 4.11. The Bertz CT molecular complexity index is 498. The van der Waals surface area contributed by atoms with E-state index in [1.54, 1.807) is 24.3 Å². The molecule has 1 aromatic rings. The smallest absolute Gasteiger partial charge is 0.119 e. The fourth-order valence-corrected chi connectivity index (χ4v) is 1.53. The Kier molecular flexibility index (Phi) is 10.4. The normalized spacial score (nSPS) is 11.2. The second kappa shape index (κ2) is 11.6. The standard InChI is InChI=1S/C17H21NO.C2H6/c1-4-14-8-7-9-15(12-14)13-19-17(6-3)11-10-16(18)5-2;1-2/h5-12H,2-4,13,18H2,1H3;1-2H3/b16-10+,17-11+;. The van der Waals surface area contributed by atoms with Crippen molar-refractivity contribution in [2.45, 2.75) is 33.8 Å². The van der Waals surface area contributed by atoms with E-state index in [2.05, 4.69) is 32.2 Å². The highest BCUT2D eigenvalue weighted by Crippen LogP contribution is 2.10. The molecule has 0 unspecified atom stereocenters. The molecule has 0 spiro atoms. The second-order valence-electron chi connectivity index (χ2n) is 4.11. The summed E-state index contributed by atoms with van der Waals surface area (Å²) in [7, 11) is 0. The van der Waals surface area contributed by atoms with Gasteiger partial charge in [0, 0.05) is 5.70 Å². The number of ether oxygens (including phenoxy) is 1. The van der Waals surface area contributed by atoms with Crippen LogP contribution in [0.25, 0.3) is 0 Å². The van der Waals surface area contributed by atoms with E-state index in [1.165, 1.54) is 5.56 Å². The molecule has 1 aromatic carbocycles. The molecule has 0 aliphatic heterocycles. The SMILES string of the molecule is C=C/C(N)=C\C=C(/C=C)OCc1cccc(CC)c1.CC. The van der Waals surface area contributed by atoms with Crippen molar-refractivity contribution in [3.05, 3.63) is 84.3 Å². The van der Waals surface area contributed by atoms with Crippen LogP contribution < -0.4 is 5.73 Å². The summed E-state index contributed by atoms with van der Waals surface area (Å²) < 4.78 is 5.68. The highest BCUT2D eigenvalue weighted by Gasteiger charge is 1.97. The lowest BCUT2D eigenvalue weighted by molar-refractivity contribution is 0.211. The Balaban J connectivity index is 0.00000191. The fraction of sp³-hybridized carbons (Fsp3) is 0.263. The Morgan fingerprint density at radius 2 is 1.81 bits per heavy atom. The van der Waals surface area contributed by atoms with Crippen molar-refractivity contribution >= 4 is 0 Å². The molecule has 0 saturated heterocycles. The molecule has 2 N–H and O–H groups in total. The maximum atomic E-state index is 5.68. The summed E-state index contributed by atoms with van der Waals surface area (Å²) in [6.07, 6.45) is 7.80. The van der Waals surface area contributed by atoms with Gasteiger partial charge in [0.2, 0.25) is 0 Å². The minimum absolute atomic E-state index is 0.521. The first-order valence-electron chi connectivity index (χ1n) is 7.32. The lowest BCUT2D eigenvalue weighted by Gasteiger charge is -2.07. The number of rotatable bonds is 7. The average Bonchev–Trinajstić information content (AvgIpc) is 2.56. The van der Waals surface area contributed by atoms with Crippen LogP contribution in [0, 0.1) is 0 Å². The van der Waals surface area contributed by atoms with E-state index < -0.39 is 0 Å². The third kappa shape index (κ3) is 7.83. The molecule has 2 nitrogen and oxygen atoms in total. The third-order valence-electron chi connectivity index (χ3n) is 2.68. The number of benzene rings is 1. The molecule has 2 heteroatoms. The van der Waals surface area contributed by atoms with Gasteiger partial charge in [-0.3, -0.25) is 0 Å². The Labute approximate surface area is 129 Å². The van der Waals surface area contributed by atoms with Gasteiger partial charge in [-0.05, 0) is 41.9 Å². The molecule has 0 bridgehead atoms. The zero-order valence-electron chi connectivity index (χ0n) is 13.4. The summed E-state index contributed by atoms with van der Waals surface area (Å²) >= 11 is 0. The summed E-state index contributed by atoms with van der Waals surface area (Å²) in [6, 6.07) is 8.36. The Morgan fingerprint density at radius 3 is 2.38 bits per heavy atom. The summed E-state index contributed by atoms with van der Waals surface area (Å²) in [5.41, 5.74) is 8.68. The van der Waals surface area contributed by atoms with E-state index in [0.717, 1.165) is 12.0 Å². The molecule has 21 heavy (non-hydrogen) atoms. The van der Waals surface area contributed by atoms with E-state index in [9.17, 15) is 0 Å². The summed E-state index contributed by atoms with van der Waals surface area (Å²) in [4.78, 5) is 0. The molecule has 0 saturated carbocycles. The molecule has 0 aliphatic carbocycles. The first-order chi connectivity index (χ1) is 10.2. The van der Waals surface area contributed by atoms with Gasteiger partial charge >= 0.3 is 0 Å². The van der Waals surface area contributed by atoms with E-state index in [1.807, 2.05) is 26.0 Å². The van der Waals surface area contributed by atoms with E-state index >= 15 is 0 Å². The van der Waals surface area contributed by atoms with Gasteiger partial charge in [0.05, 0.1) is 0 Å². The van der Waals surface area contributed by atoms with Gasteiger partial charge in [-0.25, -0.2) is 0 Å². The van der Waals surface area contributed by atoms with Crippen molar-refractivity contribution in [1.82, 2.24) is 0 Å². The van der Waals surface area contributed by atoms with Gasteiger partial charge in [-0.1, -0.05) is 58.2 Å².